The summed E-state index contributed by atoms with van der Waals surface area (Å²) in [5, 5.41) is 0. The number of Topliss-reactive ketones (excluding diaryl/α,β-unsaturated/α-hetero) is 1. The summed E-state index contributed by atoms with van der Waals surface area (Å²) in [6.07, 6.45) is 5.87. The van der Waals surface area contributed by atoms with E-state index < -0.39 is 0 Å². The van der Waals surface area contributed by atoms with Gasteiger partial charge in [0.15, 0.2) is 5.78 Å². The Morgan fingerprint density at radius 2 is 1.94 bits per heavy atom. The second kappa shape index (κ2) is 6.46. The van der Waals surface area contributed by atoms with E-state index in [4.69, 9.17) is 0 Å². The lowest BCUT2D eigenvalue weighted by Crippen LogP contribution is -2.00. The van der Waals surface area contributed by atoms with Crippen molar-refractivity contribution in [2.75, 3.05) is 7.11 Å². The molecule has 0 atom stereocenters. The minimum absolute atomic E-state index is 0.151. The van der Waals surface area contributed by atoms with Gasteiger partial charge in [0.05, 0.1) is 7.11 Å². The van der Waals surface area contributed by atoms with Gasteiger partial charge >= 0.3 is 5.97 Å². The van der Waals surface area contributed by atoms with Gasteiger partial charge in [0, 0.05) is 12.8 Å². The van der Waals surface area contributed by atoms with Crippen molar-refractivity contribution in [2.45, 2.75) is 51.9 Å². The highest BCUT2D eigenvalue weighted by Gasteiger charge is 2.18. The predicted octanol–water partition coefficient (Wildman–Crippen LogP) is 2.79. The molecule has 0 N–H and O–H groups in total. The van der Waals surface area contributed by atoms with Crippen LogP contribution in [0.5, 0.6) is 0 Å². The molecule has 0 radical (unpaired) electrons. The lowest BCUT2D eigenvalue weighted by atomic mass is 10.0. The molecule has 0 aromatic rings. The van der Waals surface area contributed by atoms with Crippen LogP contribution in [-0.2, 0) is 14.3 Å². The van der Waals surface area contributed by atoms with E-state index in [1.54, 1.807) is 0 Å². The van der Waals surface area contributed by atoms with Gasteiger partial charge < -0.3 is 4.74 Å². The Morgan fingerprint density at radius 3 is 2.50 bits per heavy atom. The molecular formula is C13H20O3. The smallest absolute Gasteiger partial charge is 0.305 e. The highest BCUT2D eigenvalue weighted by molar-refractivity contribution is 5.97. The SMILES string of the molecule is COC(=O)CCCC/C(C)=C1\CCCC1=O. The molecular weight excluding hydrogens is 204 g/mol. The fourth-order valence-electron chi connectivity index (χ4n) is 2.08. The van der Waals surface area contributed by atoms with Crippen molar-refractivity contribution in [2.24, 2.45) is 0 Å². The van der Waals surface area contributed by atoms with Gasteiger partial charge in [-0.15, -0.1) is 0 Å². The van der Waals surface area contributed by atoms with Crippen LogP contribution in [0.3, 0.4) is 0 Å². The van der Waals surface area contributed by atoms with Gasteiger partial charge in [0.1, 0.15) is 0 Å². The van der Waals surface area contributed by atoms with E-state index in [1.165, 1.54) is 12.7 Å². The van der Waals surface area contributed by atoms with E-state index >= 15 is 0 Å². The summed E-state index contributed by atoms with van der Waals surface area (Å²) >= 11 is 0. The highest BCUT2D eigenvalue weighted by Crippen LogP contribution is 2.26. The lowest BCUT2D eigenvalue weighted by Gasteiger charge is -2.04. The number of hydrogen-bond acceptors (Lipinski definition) is 3. The molecule has 1 aliphatic carbocycles. The summed E-state index contributed by atoms with van der Waals surface area (Å²) in [6, 6.07) is 0. The molecule has 0 heterocycles. The molecule has 3 heteroatoms. The number of methoxy groups -OCH3 is 1. The monoisotopic (exact) mass is 224 g/mol. The van der Waals surface area contributed by atoms with Crippen LogP contribution in [0.4, 0.5) is 0 Å². The van der Waals surface area contributed by atoms with Crippen LogP contribution in [0.25, 0.3) is 0 Å². The summed E-state index contributed by atoms with van der Waals surface area (Å²) in [6.45, 7) is 2.04. The maximum atomic E-state index is 11.5. The molecule has 0 unspecified atom stereocenters. The largest absolute Gasteiger partial charge is 0.469 e. The molecule has 16 heavy (non-hydrogen) atoms. The van der Waals surface area contributed by atoms with Crippen molar-refractivity contribution >= 4 is 11.8 Å². The zero-order valence-corrected chi connectivity index (χ0v) is 10.2. The highest BCUT2D eigenvalue weighted by atomic mass is 16.5. The Balaban J connectivity index is 2.27. The number of carbonyl (C=O) groups is 2. The fourth-order valence-corrected chi connectivity index (χ4v) is 2.08. The number of esters is 1. The summed E-state index contributed by atoms with van der Waals surface area (Å²) in [5.41, 5.74) is 2.26. The molecule has 0 aliphatic heterocycles. The van der Waals surface area contributed by atoms with E-state index in [9.17, 15) is 9.59 Å². The van der Waals surface area contributed by atoms with Gasteiger partial charge in [-0.05, 0) is 44.6 Å². The molecule has 1 aliphatic rings. The average Bonchev–Trinajstić information content (AvgIpc) is 2.70. The molecule has 0 spiro atoms. The van der Waals surface area contributed by atoms with Crippen LogP contribution in [-0.4, -0.2) is 18.9 Å². The Morgan fingerprint density at radius 1 is 1.25 bits per heavy atom. The van der Waals surface area contributed by atoms with Gasteiger partial charge in [-0.25, -0.2) is 0 Å². The number of rotatable bonds is 5. The van der Waals surface area contributed by atoms with Crippen LogP contribution >= 0.6 is 0 Å². The van der Waals surface area contributed by atoms with Crippen LogP contribution in [0.2, 0.25) is 0 Å². The first kappa shape index (κ1) is 12.9. The van der Waals surface area contributed by atoms with E-state index in [-0.39, 0.29) is 5.97 Å². The normalized spacial score (nSPS) is 18.8. The van der Waals surface area contributed by atoms with Gasteiger partial charge in [-0.3, -0.25) is 9.59 Å². The molecule has 1 saturated carbocycles. The minimum Gasteiger partial charge on any atom is -0.469 e. The van der Waals surface area contributed by atoms with Gasteiger partial charge in [0.25, 0.3) is 0 Å². The van der Waals surface area contributed by atoms with E-state index in [1.807, 2.05) is 6.92 Å². The number of allylic oxidation sites excluding steroid dienone is 2. The van der Waals surface area contributed by atoms with Crippen molar-refractivity contribution in [3.8, 4) is 0 Å². The Hall–Kier alpha value is -1.12. The van der Waals surface area contributed by atoms with E-state index in [0.29, 0.717) is 12.2 Å². The Kier molecular flexibility index (Phi) is 5.23. The predicted molar refractivity (Wildman–Crippen MR) is 62.0 cm³/mol. The van der Waals surface area contributed by atoms with E-state index in [2.05, 4.69) is 4.74 Å². The minimum atomic E-state index is -0.151. The van der Waals surface area contributed by atoms with Crippen LogP contribution in [0.1, 0.15) is 51.9 Å². The van der Waals surface area contributed by atoms with Crippen LogP contribution < -0.4 is 0 Å². The number of carbonyl (C=O) groups excluding carboxylic acids is 2. The van der Waals surface area contributed by atoms with Crippen molar-refractivity contribution < 1.29 is 14.3 Å². The summed E-state index contributed by atoms with van der Waals surface area (Å²) in [4.78, 5) is 22.3. The second-order valence-electron chi connectivity index (χ2n) is 4.32. The Bertz CT molecular complexity index is 302. The molecule has 0 bridgehead atoms. The third-order valence-corrected chi connectivity index (χ3v) is 3.09. The molecule has 0 saturated heterocycles. The average molecular weight is 224 g/mol. The molecule has 90 valence electrons. The number of ether oxygens (including phenoxy) is 1. The molecule has 0 aromatic heterocycles. The van der Waals surface area contributed by atoms with Crippen LogP contribution in [0.15, 0.2) is 11.1 Å². The molecule has 0 aromatic carbocycles. The third kappa shape index (κ3) is 3.80. The van der Waals surface area contributed by atoms with Gasteiger partial charge in [0.2, 0.25) is 0 Å². The molecule has 1 fully saturated rings. The summed E-state index contributed by atoms with van der Waals surface area (Å²) < 4.78 is 4.57. The lowest BCUT2D eigenvalue weighted by molar-refractivity contribution is -0.140. The zero-order valence-electron chi connectivity index (χ0n) is 10.2. The number of ketones is 1. The first-order valence-electron chi connectivity index (χ1n) is 5.93. The van der Waals surface area contributed by atoms with E-state index in [0.717, 1.165) is 44.1 Å². The quantitative estimate of drug-likeness (QED) is 0.410. The summed E-state index contributed by atoms with van der Waals surface area (Å²) in [5.74, 6) is 0.174. The maximum Gasteiger partial charge on any atom is 0.305 e. The van der Waals surface area contributed by atoms with Crippen LogP contribution in [0, 0.1) is 0 Å². The third-order valence-electron chi connectivity index (χ3n) is 3.09. The van der Waals surface area contributed by atoms with Crippen molar-refractivity contribution in [3.63, 3.8) is 0 Å². The van der Waals surface area contributed by atoms with Gasteiger partial charge in [-0.1, -0.05) is 5.57 Å². The standard InChI is InChI=1S/C13H20O3/c1-10(11-7-5-8-12(11)14)6-3-4-9-13(15)16-2/h3-9H2,1-2H3/b11-10+. The van der Waals surface area contributed by atoms with Crippen molar-refractivity contribution in [1.82, 2.24) is 0 Å². The Labute approximate surface area is 96.9 Å². The zero-order chi connectivity index (χ0) is 12.0. The number of hydrogen-bond donors (Lipinski definition) is 0. The second-order valence-corrected chi connectivity index (χ2v) is 4.32. The summed E-state index contributed by atoms with van der Waals surface area (Å²) in [7, 11) is 1.41. The molecule has 1 rings (SSSR count). The fraction of sp³-hybridized carbons (Fsp3) is 0.692. The first-order valence-corrected chi connectivity index (χ1v) is 5.93. The van der Waals surface area contributed by atoms with Gasteiger partial charge in [-0.2, -0.15) is 0 Å². The number of unbranched alkanes of at least 4 members (excludes halogenated alkanes) is 1. The molecule has 3 nitrogen and oxygen atoms in total. The topological polar surface area (TPSA) is 43.4 Å². The maximum absolute atomic E-state index is 11.5. The first-order chi connectivity index (χ1) is 7.65. The van der Waals surface area contributed by atoms with Crippen molar-refractivity contribution in [1.29, 1.82) is 0 Å². The molecule has 0 amide bonds. The van der Waals surface area contributed by atoms with Crippen molar-refractivity contribution in [3.05, 3.63) is 11.1 Å².